The molecule has 0 aliphatic rings. The van der Waals surface area contributed by atoms with Crippen LogP contribution in [-0.4, -0.2) is 21.9 Å². The highest BCUT2D eigenvalue weighted by atomic mass is 35.5. The van der Waals surface area contributed by atoms with E-state index in [9.17, 15) is 0 Å². The SMILES string of the molecule is CC(c1ccccn1)N(C)Cc1cnc(N)s1.Cl. The van der Waals surface area contributed by atoms with E-state index in [1.807, 2.05) is 30.6 Å². The number of halogens is 1. The van der Waals surface area contributed by atoms with E-state index in [1.54, 1.807) is 0 Å². The van der Waals surface area contributed by atoms with Crippen molar-refractivity contribution >= 4 is 28.9 Å². The third-order valence-corrected chi connectivity index (χ3v) is 3.56. The van der Waals surface area contributed by atoms with Gasteiger partial charge in [0.15, 0.2) is 5.13 Å². The van der Waals surface area contributed by atoms with Gasteiger partial charge in [0.05, 0.1) is 5.69 Å². The monoisotopic (exact) mass is 284 g/mol. The van der Waals surface area contributed by atoms with Crippen LogP contribution in [-0.2, 0) is 6.54 Å². The summed E-state index contributed by atoms with van der Waals surface area (Å²) in [4.78, 5) is 11.8. The largest absolute Gasteiger partial charge is 0.375 e. The van der Waals surface area contributed by atoms with Gasteiger partial charge in [-0.15, -0.1) is 23.7 Å². The number of pyridine rings is 1. The number of anilines is 1. The lowest BCUT2D eigenvalue weighted by Gasteiger charge is -2.23. The number of aromatic nitrogens is 2. The van der Waals surface area contributed by atoms with E-state index in [0.717, 1.165) is 12.2 Å². The Hall–Kier alpha value is -1.17. The molecule has 0 amide bonds. The van der Waals surface area contributed by atoms with Gasteiger partial charge in [0.2, 0.25) is 0 Å². The zero-order chi connectivity index (χ0) is 12.3. The van der Waals surface area contributed by atoms with Crippen molar-refractivity contribution in [3.8, 4) is 0 Å². The zero-order valence-electron chi connectivity index (χ0n) is 10.4. The van der Waals surface area contributed by atoms with Gasteiger partial charge in [-0.3, -0.25) is 9.88 Å². The number of hydrogen-bond donors (Lipinski definition) is 1. The molecule has 6 heteroatoms. The average molecular weight is 285 g/mol. The van der Waals surface area contributed by atoms with Crippen LogP contribution >= 0.6 is 23.7 Å². The maximum absolute atomic E-state index is 5.62. The standard InChI is InChI=1S/C12H16N4S.ClH/c1-9(11-5-3-4-6-14-11)16(2)8-10-7-15-12(13)17-10;/h3-7,9H,8H2,1-2H3,(H2,13,15);1H. The second-order valence-electron chi connectivity index (χ2n) is 4.01. The highest BCUT2D eigenvalue weighted by Crippen LogP contribution is 2.21. The first-order chi connectivity index (χ1) is 8.16. The van der Waals surface area contributed by atoms with Crippen LogP contribution in [0, 0.1) is 0 Å². The van der Waals surface area contributed by atoms with Crippen LogP contribution in [0.1, 0.15) is 23.5 Å². The first-order valence-electron chi connectivity index (χ1n) is 5.48. The number of nitrogens with two attached hydrogens (primary N) is 1. The lowest BCUT2D eigenvalue weighted by atomic mass is 10.2. The minimum atomic E-state index is 0. The van der Waals surface area contributed by atoms with Gasteiger partial charge in [-0.2, -0.15) is 0 Å². The molecule has 0 saturated carbocycles. The molecule has 98 valence electrons. The molecule has 2 N–H and O–H groups in total. The fourth-order valence-corrected chi connectivity index (χ4v) is 2.38. The van der Waals surface area contributed by atoms with Gasteiger partial charge in [-0.05, 0) is 26.1 Å². The van der Waals surface area contributed by atoms with Crippen molar-refractivity contribution in [2.24, 2.45) is 0 Å². The van der Waals surface area contributed by atoms with Gasteiger partial charge in [0, 0.05) is 29.9 Å². The molecule has 0 aliphatic heterocycles. The Bertz CT molecular complexity index is 474. The summed E-state index contributed by atoms with van der Waals surface area (Å²) in [5.41, 5.74) is 6.69. The number of nitrogen functional groups attached to an aromatic ring is 1. The summed E-state index contributed by atoms with van der Waals surface area (Å²) < 4.78 is 0. The van der Waals surface area contributed by atoms with Gasteiger partial charge in [0.1, 0.15) is 0 Å². The quantitative estimate of drug-likeness (QED) is 0.938. The lowest BCUT2D eigenvalue weighted by molar-refractivity contribution is 0.250. The van der Waals surface area contributed by atoms with E-state index in [4.69, 9.17) is 5.73 Å². The summed E-state index contributed by atoms with van der Waals surface area (Å²) in [5.74, 6) is 0. The first kappa shape index (κ1) is 14.9. The number of rotatable bonds is 4. The smallest absolute Gasteiger partial charge is 0.180 e. The number of nitrogens with zero attached hydrogens (tertiary/aromatic N) is 3. The Labute approximate surface area is 117 Å². The third-order valence-electron chi connectivity index (χ3n) is 2.75. The van der Waals surface area contributed by atoms with Crippen LogP contribution < -0.4 is 5.73 Å². The Kier molecular flexibility index (Phi) is 5.53. The lowest BCUT2D eigenvalue weighted by Crippen LogP contribution is -2.22. The van der Waals surface area contributed by atoms with Crippen LogP contribution in [0.15, 0.2) is 30.6 Å². The number of hydrogen-bond acceptors (Lipinski definition) is 5. The summed E-state index contributed by atoms with van der Waals surface area (Å²) in [6.45, 7) is 2.99. The third kappa shape index (κ3) is 3.66. The molecule has 0 fully saturated rings. The fraction of sp³-hybridized carbons (Fsp3) is 0.333. The topological polar surface area (TPSA) is 55.0 Å². The maximum Gasteiger partial charge on any atom is 0.180 e. The molecule has 0 saturated heterocycles. The summed E-state index contributed by atoms with van der Waals surface area (Å²) in [7, 11) is 2.08. The molecule has 18 heavy (non-hydrogen) atoms. The highest BCUT2D eigenvalue weighted by molar-refractivity contribution is 7.15. The molecule has 0 aromatic carbocycles. The molecule has 1 unspecified atom stereocenters. The van der Waals surface area contributed by atoms with E-state index in [0.29, 0.717) is 5.13 Å². The van der Waals surface area contributed by atoms with Crippen molar-refractivity contribution in [3.05, 3.63) is 41.2 Å². The zero-order valence-corrected chi connectivity index (χ0v) is 12.0. The second kappa shape index (κ2) is 6.68. The Morgan fingerprint density at radius 1 is 1.39 bits per heavy atom. The average Bonchev–Trinajstić information content (AvgIpc) is 2.75. The Morgan fingerprint density at radius 2 is 2.17 bits per heavy atom. The second-order valence-corrected chi connectivity index (χ2v) is 5.16. The van der Waals surface area contributed by atoms with Crippen molar-refractivity contribution in [3.63, 3.8) is 0 Å². The number of thiazole rings is 1. The minimum Gasteiger partial charge on any atom is -0.375 e. The van der Waals surface area contributed by atoms with Crippen molar-refractivity contribution in [1.82, 2.24) is 14.9 Å². The van der Waals surface area contributed by atoms with E-state index < -0.39 is 0 Å². The predicted octanol–water partition coefficient (Wildman–Crippen LogP) is 2.74. The van der Waals surface area contributed by atoms with Crippen molar-refractivity contribution < 1.29 is 0 Å². The van der Waals surface area contributed by atoms with Crippen LogP contribution in [0.4, 0.5) is 5.13 Å². The predicted molar refractivity (Wildman–Crippen MR) is 77.9 cm³/mol. The van der Waals surface area contributed by atoms with Gasteiger partial charge < -0.3 is 5.73 Å². The molecule has 4 nitrogen and oxygen atoms in total. The Morgan fingerprint density at radius 3 is 2.72 bits per heavy atom. The molecule has 0 radical (unpaired) electrons. The van der Waals surface area contributed by atoms with Gasteiger partial charge in [0.25, 0.3) is 0 Å². The summed E-state index contributed by atoms with van der Waals surface area (Å²) in [5, 5.41) is 0.624. The molecule has 0 bridgehead atoms. The molecular weight excluding hydrogens is 268 g/mol. The van der Waals surface area contributed by atoms with E-state index in [-0.39, 0.29) is 18.4 Å². The minimum absolute atomic E-state index is 0. The van der Waals surface area contributed by atoms with E-state index >= 15 is 0 Å². The molecular formula is C12H17ClN4S. The van der Waals surface area contributed by atoms with Crippen LogP contribution in [0.5, 0.6) is 0 Å². The van der Waals surface area contributed by atoms with Gasteiger partial charge in [-0.25, -0.2) is 4.98 Å². The van der Waals surface area contributed by atoms with Crippen molar-refractivity contribution in [2.75, 3.05) is 12.8 Å². The molecule has 1 atom stereocenters. The summed E-state index contributed by atoms with van der Waals surface area (Å²) >= 11 is 1.53. The van der Waals surface area contributed by atoms with Gasteiger partial charge in [-0.1, -0.05) is 6.07 Å². The highest BCUT2D eigenvalue weighted by Gasteiger charge is 2.13. The molecule has 0 spiro atoms. The van der Waals surface area contributed by atoms with Gasteiger partial charge >= 0.3 is 0 Å². The Balaban J connectivity index is 0.00000162. The van der Waals surface area contributed by atoms with Crippen LogP contribution in [0.3, 0.4) is 0 Å². The van der Waals surface area contributed by atoms with Crippen molar-refractivity contribution in [2.45, 2.75) is 19.5 Å². The summed E-state index contributed by atoms with van der Waals surface area (Å²) in [6.07, 6.45) is 3.66. The van der Waals surface area contributed by atoms with Crippen LogP contribution in [0.2, 0.25) is 0 Å². The van der Waals surface area contributed by atoms with Crippen molar-refractivity contribution in [1.29, 1.82) is 0 Å². The molecule has 2 aromatic heterocycles. The summed E-state index contributed by atoms with van der Waals surface area (Å²) in [6, 6.07) is 6.26. The fourth-order valence-electron chi connectivity index (χ4n) is 1.63. The molecule has 2 heterocycles. The van der Waals surface area contributed by atoms with Crippen LogP contribution in [0.25, 0.3) is 0 Å². The first-order valence-corrected chi connectivity index (χ1v) is 6.30. The molecule has 2 rings (SSSR count). The van der Waals surface area contributed by atoms with E-state index in [2.05, 4.69) is 28.8 Å². The maximum atomic E-state index is 5.62. The molecule has 2 aromatic rings. The molecule has 0 aliphatic carbocycles. The normalized spacial score (nSPS) is 12.2. The van der Waals surface area contributed by atoms with E-state index in [1.165, 1.54) is 16.2 Å².